The molecule has 4 rings (SSSR count). The molecule has 0 aromatic heterocycles. The average Bonchev–Trinajstić information content (AvgIpc) is 3.30. The van der Waals surface area contributed by atoms with Crippen LogP contribution in [0.5, 0.6) is 0 Å². The van der Waals surface area contributed by atoms with Gasteiger partial charge in [-0.05, 0) is 133 Å². The Labute approximate surface area is 395 Å². The monoisotopic (exact) mass is 869 g/mol. The first kappa shape index (κ1) is 53.1. The number of hydrogen-bond acceptors (Lipinski definition) is 2. The summed E-state index contributed by atoms with van der Waals surface area (Å²) >= 11 is 0. The van der Waals surface area contributed by atoms with Crippen LogP contribution in [0.15, 0.2) is 84.9 Å². The summed E-state index contributed by atoms with van der Waals surface area (Å²) in [6.07, 6.45) is 48.7. The van der Waals surface area contributed by atoms with E-state index in [0.717, 1.165) is 24.2 Å². The second-order valence-corrected chi connectivity index (χ2v) is 19.9. The molecule has 0 aliphatic carbocycles. The molecule has 4 N–H and O–H groups in total. The Bertz CT molecular complexity index is 1590. The third-order valence-electron chi connectivity index (χ3n) is 14.1. The van der Waals surface area contributed by atoms with E-state index in [1.165, 1.54) is 241 Å². The summed E-state index contributed by atoms with van der Waals surface area (Å²) in [5.41, 5.74) is 25.6. The average molecular weight is 869 g/mol. The van der Waals surface area contributed by atoms with Crippen LogP contribution in [0.1, 0.15) is 251 Å². The zero-order valence-corrected chi connectivity index (χ0v) is 41.7. The van der Waals surface area contributed by atoms with Crippen molar-refractivity contribution in [1.82, 2.24) is 0 Å². The van der Waals surface area contributed by atoms with Gasteiger partial charge in [0.2, 0.25) is 0 Å². The lowest BCUT2D eigenvalue weighted by Crippen LogP contribution is -1.99. The van der Waals surface area contributed by atoms with Crippen molar-refractivity contribution >= 4 is 11.4 Å². The molecular formula is C62H96N2. The van der Waals surface area contributed by atoms with Gasteiger partial charge in [-0.25, -0.2) is 0 Å². The first-order chi connectivity index (χ1) is 31.5. The number of rotatable bonds is 39. The molecule has 64 heavy (non-hydrogen) atoms. The van der Waals surface area contributed by atoms with Crippen molar-refractivity contribution in [2.24, 2.45) is 0 Å². The van der Waals surface area contributed by atoms with Crippen molar-refractivity contribution in [3.8, 4) is 0 Å². The molecular weight excluding hydrogens is 773 g/mol. The number of anilines is 2. The van der Waals surface area contributed by atoms with E-state index < -0.39 is 0 Å². The van der Waals surface area contributed by atoms with Gasteiger partial charge in [-0.2, -0.15) is 0 Å². The highest BCUT2D eigenvalue weighted by Gasteiger charge is 2.09. The Morgan fingerprint density at radius 3 is 0.797 bits per heavy atom. The topological polar surface area (TPSA) is 52.0 Å². The van der Waals surface area contributed by atoms with Crippen LogP contribution in [0.3, 0.4) is 0 Å². The van der Waals surface area contributed by atoms with Crippen molar-refractivity contribution in [2.45, 2.75) is 245 Å². The molecule has 0 spiro atoms. The molecule has 0 saturated carbocycles. The lowest BCUT2D eigenvalue weighted by Gasteiger charge is -2.13. The zero-order valence-electron chi connectivity index (χ0n) is 41.7. The molecule has 2 heteroatoms. The highest BCUT2D eigenvalue weighted by molar-refractivity contribution is 5.43. The largest absolute Gasteiger partial charge is 0.399 e. The van der Waals surface area contributed by atoms with Crippen LogP contribution in [0.25, 0.3) is 0 Å². The van der Waals surface area contributed by atoms with Gasteiger partial charge in [-0.1, -0.05) is 241 Å². The highest BCUT2D eigenvalue weighted by Crippen LogP contribution is 2.24. The fourth-order valence-electron chi connectivity index (χ4n) is 9.87. The number of benzene rings is 4. The van der Waals surface area contributed by atoms with Gasteiger partial charge < -0.3 is 11.5 Å². The lowest BCUT2D eigenvalue weighted by atomic mass is 9.92. The minimum Gasteiger partial charge on any atom is -0.399 e. The van der Waals surface area contributed by atoms with Gasteiger partial charge in [0.1, 0.15) is 0 Å². The highest BCUT2D eigenvalue weighted by atomic mass is 14.5. The maximum absolute atomic E-state index is 5.96. The number of aryl methyl sites for hydroxylation is 4. The molecule has 0 fully saturated rings. The molecule has 4 aromatic carbocycles. The van der Waals surface area contributed by atoms with Crippen LogP contribution in [0, 0.1) is 0 Å². The number of nitrogen functional groups attached to an aromatic ring is 2. The minimum absolute atomic E-state index is 0.850. The van der Waals surface area contributed by atoms with Crippen molar-refractivity contribution in [1.29, 1.82) is 0 Å². The van der Waals surface area contributed by atoms with Crippen LogP contribution in [-0.2, 0) is 38.5 Å². The summed E-state index contributed by atoms with van der Waals surface area (Å²) < 4.78 is 0. The summed E-state index contributed by atoms with van der Waals surface area (Å²) in [6, 6.07) is 31.7. The Kier molecular flexibility index (Phi) is 28.9. The third-order valence-corrected chi connectivity index (χ3v) is 14.1. The van der Waals surface area contributed by atoms with E-state index in [1.807, 2.05) is 24.3 Å². The van der Waals surface area contributed by atoms with Crippen LogP contribution >= 0.6 is 0 Å². The van der Waals surface area contributed by atoms with Crippen molar-refractivity contribution in [3.63, 3.8) is 0 Å². The Balaban J connectivity index is 0.966. The smallest absolute Gasteiger partial charge is 0.0314 e. The molecule has 0 radical (unpaired) electrons. The van der Waals surface area contributed by atoms with Gasteiger partial charge in [0, 0.05) is 11.4 Å². The summed E-state index contributed by atoms with van der Waals surface area (Å²) in [4.78, 5) is 0. The third kappa shape index (κ3) is 24.1. The maximum atomic E-state index is 5.96. The maximum Gasteiger partial charge on any atom is 0.0314 e. The number of unbranched alkanes of at least 4 members (excludes halogenated alkanes) is 27. The van der Waals surface area contributed by atoms with Crippen LogP contribution in [0.2, 0.25) is 0 Å². The molecule has 0 amide bonds. The van der Waals surface area contributed by atoms with E-state index in [-0.39, 0.29) is 0 Å². The van der Waals surface area contributed by atoms with Gasteiger partial charge in [-0.15, -0.1) is 0 Å². The fourth-order valence-corrected chi connectivity index (χ4v) is 9.87. The lowest BCUT2D eigenvalue weighted by molar-refractivity contribution is 0.524. The summed E-state index contributed by atoms with van der Waals surface area (Å²) in [5, 5.41) is 0. The van der Waals surface area contributed by atoms with Gasteiger partial charge in [0.25, 0.3) is 0 Å². The first-order valence-corrected chi connectivity index (χ1v) is 27.4. The second-order valence-electron chi connectivity index (χ2n) is 19.9. The number of nitrogens with two attached hydrogens (primary N) is 2. The van der Waals surface area contributed by atoms with Crippen LogP contribution in [0.4, 0.5) is 11.4 Å². The van der Waals surface area contributed by atoms with E-state index in [1.54, 1.807) is 22.3 Å². The van der Waals surface area contributed by atoms with Crippen LogP contribution < -0.4 is 11.5 Å². The first-order valence-electron chi connectivity index (χ1n) is 27.4. The molecule has 4 aromatic rings. The zero-order chi connectivity index (χ0) is 45.1. The van der Waals surface area contributed by atoms with Crippen molar-refractivity contribution < 1.29 is 0 Å². The predicted octanol–water partition coefficient (Wildman–Crippen LogP) is 18.6. The standard InChI is InChI=1S/C62H96N2/c1-3-5-7-9-27-31-35-57-49-53(37-43-59(57)51-55-39-45-61(63)46-40-55)33-29-25-23-21-19-17-15-13-11-12-14-16-18-20-22-24-26-30-34-54-38-44-60(52-56-41-47-62(64)48-42-56)58(50-54)36-32-28-10-8-6-4-2/h37-50H,3-36,51-52,63-64H2,1-2H3. The summed E-state index contributed by atoms with van der Waals surface area (Å²) in [5.74, 6) is 0. The van der Waals surface area contributed by atoms with Gasteiger partial charge in [-0.3, -0.25) is 0 Å². The fraction of sp³-hybridized carbons (Fsp3) is 0.613. The Hall–Kier alpha value is -3.52. The second kappa shape index (κ2) is 34.8. The molecule has 0 aliphatic heterocycles. The minimum atomic E-state index is 0.850. The summed E-state index contributed by atoms with van der Waals surface area (Å²) in [7, 11) is 0. The van der Waals surface area contributed by atoms with E-state index in [9.17, 15) is 0 Å². The van der Waals surface area contributed by atoms with Gasteiger partial charge in [0.05, 0.1) is 0 Å². The molecule has 0 unspecified atom stereocenters. The molecule has 0 atom stereocenters. The van der Waals surface area contributed by atoms with Gasteiger partial charge in [0.15, 0.2) is 0 Å². The van der Waals surface area contributed by atoms with Crippen molar-refractivity contribution in [3.05, 3.63) is 129 Å². The predicted molar refractivity (Wildman–Crippen MR) is 285 cm³/mol. The van der Waals surface area contributed by atoms with E-state index in [0.29, 0.717) is 0 Å². The molecule has 0 heterocycles. The Morgan fingerprint density at radius 2 is 0.500 bits per heavy atom. The summed E-state index contributed by atoms with van der Waals surface area (Å²) in [6.45, 7) is 4.61. The van der Waals surface area contributed by atoms with Crippen LogP contribution in [-0.4, -0.2) is 0 Å². The molecule has 0 aliphatic rings. The van der Waals surface area contributed by atoms with E-state index in [2.05, 4.69) is 74.5 Å². The van der Waals surface area contributed by atoms with E-state index in [4.69, 9.17) is 11.5 Å². The quantitative estimate of drug-likeness (QED) is 0.0347. The molecule has 354 valence electrons. The number of hydrogen-bond donors (Lipinski definition) is 2. The SMILES string of the molecule is CCCCCCCCc1cc(CCCCCCCCCCCCCCCCCCCCc2ccc(Cc3ccc(N)cc3)c(CCCCCCCC)c2)ccc1Cc1ccc(N)cc1. The Morgan fingerprint density at radius 1 is 0.250 bits per heavy atom. The normalized spacial score (nSPS) is 11.5. The molecule has 2 nitrogen and oxygen atoms in total. The van der Waals surface area contributed by atoms with Crippen molar-refractivity contribution in [2.75, 3.05) is 11.5 Å². The van der Waals surface area contributed by atoms with E-state index >= 15 is 0 Å². The molecule has 0 saturated heterocycles. The van der Waals surface area contributed by atoms with Gasteiger partial charge >= 0.3 is 0 Å². The molecule has 0 bridgehead atoms.